The summed E-state index contributed by atoms with van der Waals surface area (Å²) in [5.41, 5.74) is 0. The summed E-state index contributed by atoms with van der Waals surface area (Å²) < 4.78 is 0. The summed E-state index contributed by atoms with van der Waals surface area (Å²) >= 11 is 0. The summed E-state index contributed by atoms with van der Waals surface area (Å²) in [4.78, 5) is 0. The molecule has 0 aromatic heterocycles. The van der Waals surface area contributed by atoms with E-state index < -0.39 is 0 Å². The Hall–Kier alpha value is 0.130. The molecule has 0 fully saturated rings. The zero-order valence-corrected chi connectivity index (χ0v) is 20.4. The highest BCUT2D eigenvalue weighted by Gasteiger charge is 1.94. The van der Waals surface area contributed by atoms with E-state index in [-0.39, 0.29) is 31.8 Å². The van der Waals surface area contributed by atoms with Crippen LogP contribution in [0.5, 0.6) is 0 Å². The number of hydrogen-bond donors (Lipinski definition) is 4. The van der Waals surface area contributed by atoms with E-state index in [1.807, 2.05) is 0 Å². The molecule has 0 spiro atoms. The van der Waals surface area contributed by atoms with Gasteiger partial charge >= 0.3 is 0 Å². The molecule has 0 saturated carbocycles. The second-order valence-electron chi connectivity index (χ2n) is 7.01. The zero-order valence-electron chi connectivity index (χ0n) is 19.6. The minimum absolute atomic E-state index is 0. The monoisotopic (exact) mass is 429 g/mol. The Morgan fingerprint density at radius 2 is 0.571 bits per heavy atom. The van der Waals surface area contributed by atoms with E-state index in [1.165, 1.54) is 103 Å². The molecule has 0 atom stereocenters. The highest BCUT2D eigenvalue weighted by atomic mass is 35.5. The van der Waals surface area contributed by atoms with Gasteiger partial charge in [0.1, 0.15) is 0 Å². The Bertz CT molecular complexity index is 179. The lowest BCUT2D eigenvalue weighted by molar-refractivity contribution is 0.282. The van der Waals surface area contributed by atoms with Crippen LogP contribution in [0.3, 0.4) is 0 Å². The topological polar surface area (TPSA) is 95.7 Å². The maximum Gasteiger partial charge on any atom is 0.0431 e. The van der Waals surface area contributed by atoms with Crippen molar-refractivity contribution >= 4 is 12.4 Å². The number of aliphatic hydroxyl groups excluding tert-OH is 3. The number of unbranched alkanes of at least 4 members (excludes halogenated alkanes) is 16. The lowest BCUT2D eigenvalue weighted by Gasteiger charge is -2.03. The standard InChI is InChI=1S/C19H40O.2C2H6O.ClH.H3N/c1-2-3-4-5-6-7-8-9-10-11-12-13-14-15-16-17-18-19-20;2*1-2-3;;/h20H,2-19H2,1H3;2*3H,2H2,1H3;1H;1H3. The largest absolute Gasteiger partial charge is 0.397 e. The van der Waals surface area contributed by atoms with Crippen LogP contribution in [0.25, 0.3) is 0 Å². The Kier molecular flexibility index (Phi) is 63.2. The first-order valence-electron chi connectivity index (χ1n) is 11.6. The van der Waals surface area contributed by atoms with Crippen LogP contribution in [0.1, 0.15) is 130 Å². The minimum atomic E-state index is 0. The van der Waals surface area contributed by atoms with Gasteiger partial charge in [-0.2, -0.15) is 0 Å². The van der Waals surface area contributed by atoms with Crippen LogP contribution in [0.4, 0.5) is 0 Å². The molecular weight excluding hydrogens is 374 g/mol. The van der Waals surface area contributed by atoms with Crippen molar-refractivity contribution in [1.29, 1.82) is 0 Å². The molecule has 0 aromatic rings. The highest BCUT2D eigenvalue weighted by molar-refractivity contribution is 5.85. The molecule has 0 aliphatic carbocycles. The fraction of sp³-hybridized carbons (Fsp3) is 1.00. The average molecular weight is 430 g/mol. The molecule has 0 amide bonds. The van der Waals surface area contributed by atoms with Gasteiger partial charge in [0.2, 0.25) is 0 Å². The summed E-state index contributed by atoms with van der Waals surface area (Å²) in [6.45, 7) is 6.52. The average Bonchev–Trinajstić information content (AvgIpc) is 2.63. The fourth-order valence-corrected chi connectivity index (χ4v) is 2.84. The van der Waals surface area contributed by atoms with Crippen LogP contribution < -0.4 is 6.15 Å². The van der Waals surface area contributed by atoms with Crippen LogP contribution in [0.2, 0.25) is 0 Å². The lowest BCUT2D eigenvalue weighted by Crippen LogP contribution is -1.85. The van der Waals surface area contributed by atoms with Gasteiger partial charge < -0.3 is 21.5 Å². The van der Waals surface area contributed by atoms with Crippen molar-refractivity contribution in [1.82, 2.24) is 6.15 Å². The second-order valence-corrected chi connectivity index (χ2v) is 7.01. The van der Waals surface area contributed by atoms with Crippen molar-refractivity contribution in [3.63, 3.8) is 0 Å². The predicted octanol–water partition coefficient (Wildman–Crippen LogP) is 7.21. The second kappa shape index (κ2) is 45.7. The number of halogens is 1. The van der Waals surface area contributed by atoms with Gasteiger partial charge in [-0.05, 0) is 20.3 Å². The van der Waals surface area contributed by atoms with Crippen LogP contribution in [0, 0.1) is 0 Å². The molecule has 0 unspecified atom stereocenters. The minimum Gasteiger partial charge on any atom is -0.397 e. The summed E-state index contributed by atoms with van der Waals surface area (Å²) in [5, 5.41) is 23.8. The van der Waals surface area contributed by atoms with Gasteiger partial charge in [-0.25, -0.2) is 0 Å². The third-order valence-corrected chi connectivity index (χ3v) is 4.26. The highest BCUT2D eigenvalue weighted by Crippen LogP contribution is 2.13. The fourth-order valence-electron chi connectivity index (χ4n) is 2.84. The first-order valence-corrected chi connectivity index (χ1v) is 11.6. The van der Waals surface area contributed by atoms with E-state index in [0.717, 1.165) is 6.42 Å². The maximum absolute atomic E-state index is 8.68. The van der Waals surface area contributed by atoms with Gasteiger partial charge in [0.25, 0.3) is 0 Å². The Balaban J connectivity index is -0.000000194. The third kappa shape index (κ3) is 56.2. The smallest absolute Gasteiger partial charge is 0.0431 e. The Morgan fingerprint density at radius 3 is 0.750 bits per heavy atom. The SMILES string of the molecule is CCCCCCCCCCCCCCCCCCCO.CCO.CCO.Cl.N. The first-order chi connectivity index (χ1) is 12.7. The van der Waals surface area contributed by atoms with E-state index >= 15 is 0 Å². The molecule has 0 aliphatic heterocycles. The van der Waals surface area contributed by atoms with Crippen LogP contribution >= 0.6 is 12.4 Å². The van der Waals surface area contributed by atoms with Crippen LogP contribution in [-0.2, 0) is 0 Å². The third-order valence-electron chi connectivity index (χ3n) is 4.26. The molecule has 0 aromatic carbocycles. The van der Waals surface area contributed by atoms with Gasteiger partial charge in [-0.1, -0.05) is 110 Å². The van der Waals surface area contributed by atoms with Crippen molar-refractivity contribution in [2.45, 2.75) is 130 Å². The summed E-state index contributed by atoms with van der Waals surface area (Å²) in [6, 6.07) is 0. The summed E-state index contributed by atoms with van der Waals surface area (Å²) in [5.74, 6) is 0. The lowest BCUT2D eigenvalue weighted by atomic mass is 10.0. The molecular formula is C23H56ClNO3. The molecule has 4 nitrogen and oxygen atoms in total. The van der Waals surface area contributed by atoms with Crippen LogP contribution in [-0.4, -0.2) is 35.1 Å². The number of aliphatic hydroxyl groups is 3. The maximum atomic E-state index is 8.68. The van der Waals surface area contributed by atoms with Gasteiger partial charge in [0.05, 0.1) is 0 Å². The van der Waals surface area contributed by atoms with E-state index in [1.54, 1.807) is 13.8 Å². The van der Waals surface area contributed by atoms with E-state index in [4.69, 9.17) is 15.3 Å². The van der Waals surface area contributed by atoms with Crippen molar-refractivity contribution in [2.75, 3.05) is 19.8 Å². The molecule has 0 bridgehead atoms. The molecule has 0 rings (SSSR count). The van der Waals surface area contributed by atoms with Crippen LogP contribution in [0.15, 0.2) is 0 Å². The molecule has 0 radical (unpaired) electrons. The zero-order chi connectivity index (χ0) is 20.1. The Morgan fingerprint density at radius 1 is 0.393 bits per heavy atom. The molecule has 6 N–H and O–H groups in total. The molecule has 0 saturated heterocycles. The number of hydrogen-bond acceptors (Lipinski definition) is 4. The molecule has 178 valence electrons. The molecule has 0 aliphatic rings. The normalized spacial score (nSPS) is 9.21. The van der Waals surface area contributed by atoms with Crippen molar-refractivity contribution < 1.29 is 15.3 Å². The quantitative estimate of drug-likeness (QED) is 0.183. The van der Waals surface area contributed by atoms with E-state index in [2.05, 4.69) is 6.92 Å². The predicted molar refractivity (Wildman–Crippen MR) is 129 cm³/mol. The van der Waals surface area contributed by atoms with Crippen molar-refractivity contribution in [3.05, 3.63) is 0 Å². The van der Waals surface area contributed by atoms with E-state index in [9.17, 15) is 0 Å². The summed E-state index contributed by atoms with van der Waals surface area (Å²) in [7, 11) is 0. The first kappa shape index (κ1) is 38.7. The molecule has 5 heteroatoms. The number of rotatable bonds is 17. The van der Waals surface area contributed by atoms with Crippen molar-refractivity contribution in [3.8, 4) is 0 Å². The van der Waals surface area contributed by atoms with Gasteiger partial charge in [0.15, 0.2) is 0 Å². The molecule has 28 heavy (non-hydrogen) atoms. The van der Waals surface area contributed by atoms with Gasteiger partial charge in [-0.3, -0.25) is 0 Å². The Labute approximate surface area is 183 Å². The summed E-state index contributed by atoms with van der Waals surface area (Å²) in [6.07, 6.45) is 23.7. The van der Waals surface area contributed by atoms with Crippen molar-refractivity contribution in [2.24, 2.45) is 0 Å². The van der Waals surface area contributed by atoms with Gasteiger partial charge in [-0.15, -0.1) is 12.4 Å². The van der Waals surface area contributed by atoms with Gasteiger partial charge in [0, 0.05) is 19.8 Å². The molecule has 0 heterocycles. The van der Waals surface area contributed by atoms with E-state index in [0.29, 0.717) is 6.61 Å².